The molecule has 1 saturated heterocycles. The van der Waals surface area contributed by atoms with Gasteiger partial charge in [0, 0.05) is 44.7 Å². The lowest BCUT2D eigenvalue weighted by atomic mass is 10.1. The van der Waals surface area contributed by atoms with E-state index < -0.39 is 0 Å². The van der Waals surface area contributed by atoms with Gasteiger partial charge in [0.2, 0.25) is 0 Å². The normalized spacial score (nSPS) is 14.6. The van der Waals surface area contributed by atoms with E-state index in [4.69, 9.17) is 5.26 Å². The molecule has 0 aliphatic carbocycles. The topological polar surface area (TPSA) is 82.2 Å². The molecule has 1 aliphatic heterocycles. The Kier molecular flexibility index (Phi) is 7.71. The van der Waals surface area contributed by atoms with Gasteiger partial charge in [0.1, 0.15) is 0 Å². The second kappa shape index (κ2) is 11.1. The van der Waals surface area contributed by atoms with Gasteiger partial charge in [-0.25, -0.2) is 4.68 Å². The molecule has 0 N–H and O–H groups in total. The average Bonchev–Trinajstić information content (AvgIpc) is 3.11. The molecule has 0 radical (unpaired) electrons. The van der Waals surface area contributed by atoms with Crippen LogP contribution in [0.3, 0.4) is 0 Å². The number of nitriles is 1. The Labute approximate surface area is 200 Å². The van der Waals surface area contributed by atoms with Crippen molar-refractivity contribution in [2.75, 3.05) is 26.2 Å². The van der Waals surface area contributed by atoms with Crippen molar-refractivity contribution in [3.05, 3.63) is 75.7 Å². The Hall–Kier alpha value is -3.50. The lowest BCUT2D eigenvalue weighted by Gasteiger charge is -2.22. The maximum atomic E-state index is 13.6. The summed E-state index contributed by atoms with van der Waals surface area (Å²) < 4.78 is 1.47. The molecule has 7 nitrogen and oxygen atoms in total. The number of amides is 1. The van der Waals surface area contributed by atoms with E-state index in [0.29, 0.717) is 41.7 Å². The van der Waals surface area contributed by atoms with Gasteiger partial charge in [0.25, 0.3) is 11.5 Å². The molecular weight excluding hydrogens is 426 g/mol. The van der Waals surface area contributed by atoms with Crippen LogP contribution in [-0.2, 0) is 13.1 Å². The molecule has 2 heterocycles. The molecule has 4 rings (SSSR count). The van der Waals surface area contributed by atoms with Gasteiger partial charge in [-0.1, -0.05) is 50.1 Å². The Morgan fingerprint density at radius 3 is 2.50 bits per heavy atom. The van der Waals surface area contributed by atoms with Crippen LogP contribution in [0.4, 0.5) is 0 Å². The van der Waals surface area contributed by atoms with Crippen molar-refractivity contribution in [2.45, 2.75) is 45.7 Å². The quantitative estimate of drug-likeness (QED) is 0.504. The standard InChI is InChI=1S/C27H31N5O2/c1-2-3-6-16-32-26(33)24-9-5-4-8-23(24)25(29-32)27(34)31-15-7-14-30(17-18-31)20-22-12-10-21(19-28)11-13-22/h4-5,8-13H,2-3,6-7,14-18,20H2,1H3. The molecule has 34 heavy (non-hydrogen) atoms. The predicted molar refractivity (Wildman–Crippen MR) is 132 cm³/mol. The zero-order valence-corrected chi connectivity index (χ0v) is 19.7. The molecule has 0 atom stereocenters. The summed E-state index contributed by atoms with van der Waals surface area (Å²) in [5, 5.41) is 14.7. The predicted octanol–water partition coefficient (Wildman–Crippen LogP) is 3.81. The minimum atomic E-state index is -0.132. The van der Waals surface area contributed by atoms with Gasteiger partial charge in [0.15, 0.2) is 5.69 Å². The number of hydrogen-bond donors (Lipinski definition) is 0. The van der Waals surface area contributed by atoms with E-state index in [0.717, 1.165) is 50.9 Å². The van der Waals surface area contributed by atoms with Crippen LogP contribution in [0.25, 0.3) is 10.8 Å². The number of carbonyl (C=O) groups is 1. The van der Waals surface area contributed by atoms with E-state index in [2.05, 4.69) is 23.0 Å². The van der Waals surface area contributed by atoms with Gasteiger partial charge >= 0.3 is 0 Å². The van der Waals surface area contributed by atoms with E-state index in [1.165, 1.54) is 4.68 Å². The second-order valence-corrected chi connectivity index (χ2v) is 8.86. The van der Waals surface area contributed by atoms with Gasteiger partial charge in [-0.3, -0.25) is 14.5 Å². The lowest BCUT2D eigenvalue weighted by Crippen LogP contribution is -2.37. The maximum Gasteiger partial charge on any atom is 0.274 e. The first-order valence-electron chi connectivity index (χ1n) is 12.1. The van der Waals surface area contributed by atoms with Crippen LogP contribution in [0.1, 0.15) is 54.2 Å². The van der Waals surface area contributed by atoms with Gasteiger partial charge in [0.05, 0.1) is 17.0 Å². The van der Waals surface area contributed by atoms with E-state index in [-0.39, 0.29) is 11.5 Å². The van der Waals surface area contributed by atoms with Crippen LogP contribution in [-0.4, -0.2) is 51.7 Å². The fourth-order valence-electron chi connectivity index (χ4n) is 4.48. The fraction of sp³-hybridized carbons (Fsp3) is 0.407. The molecule has 0 saturated carbocycles. The summed E-state index contributed by atoms with van der Waals surface area (Å²) in [5.41, 5.74) is 2.05. The maximum absolute atomic E-state index is 13.6. The summed E-state index contributed by atoms with van der Waals surface area (Å²) >= 11 is 0. The number of benzene rings is 2. The van der Waals surface area contributed by atoms with Crippen LogP contribution in [0.15, 0.2) is 53.3 Å². The lowest BCUT2D eigenvalue weighted by molar-refractivity contribution is 0.0754. The summed E-state index contributed by atoms with van der Waals surface area (Å²) in [7, 11) is 0. The van der Waals surface area contributed by atoms with Crippen molar-refractivity contribution in [3.63, 3.8) is 0 Å². The zero-order chi connectivity index (χ0) is 23.9. The van der Waals surface area contributed by atoms with Crippen molar-refractivity contribution in [1.82, 2.24) is 19.6 Å². The summed E-state index contributed by atoms with van der Waals surface area (Å²) in [6, 6.07) is 17.1. The number of hydrogen-bond acceptors (Lipinski definition) is 5. The third-order valence-corrected chi connectivity index (χ3v) is 6.41. The van der Waals surface area contributed by atoms with Crippen molar-refractivity contribution < 1.29 is 4.79 Å². The van der Waals surface area contributed by atoms with Gasteiger partial charge in [-0.2, -0.15) is 10.4 Å². The molecule has 7 heteroatoms. The molecule has 0 unspecified atom stereocenters. The highest BCUT2D eigenvalue weighted by Crippen LogP contribution is 2.18. The molecule has 2 aromatic carbocycles. The number of nitrogens with zero attached hydrogens (tertiary/aromatic N) is 5. The first-order chi connectivity index (χ1) is 16.6. The molecule has 3 aromatic rings. The number of fused-ring (bicyclic) bond motifs is 1. The SMILES string of the molecule is CCCCCn1nc(C(=O)N2CCCN(Cc3ccc(C#N)cc3)CC2)c2ccccc2c1=O. The molecular formula is C27H31N5O2. The molecule has 1 amide bonds. The number of unbranched alkanes of at least 4 members (excludes halogenated alkanes) is 2. The van der Waals surface area contributed by atoms with Crippen LogP contribution < -0.4 is 5.56 Å². The largest absolute Gasteiger partial charge is 0.336 e. The highest BCUT2D eigenvalue weighted by atomic mass is 16.2. The Morgan fingerprint density at radius 1 is 1.00 bits per heavy atom. The smallest absolute Gasteiger partial charge is 0.274 e. The van der Waals surface area contributed by atoms with Crippen LogP contribution >= 0.6 is 0 Å². The van der Waals surface area contributed by atoms with Gasteiger partial charge in [-0.15, -0.1) is 0 Å². The van der Waals surface area contributed by atoms with Crippen molar-refractivity contribution in [1.29, 1.82) is 5.26 Å². The summed E-state index contributed by atoms with van der Waals surface area (Å²) in [6.07, 6.45) is 3.81. The summed E-state index contributed by atoms with van der Waals surface area (Å²) in [4.78, 5) is 30.7. The minimum Gasteiger partial charge on any atom is -0.336 e. The minimum absolute atomic E-state index is 0.110. The number of aromatic nitrogens is 2. The average molecular weight is 458 g/mol. The Balaban J connectivity index is 1.52. The monoisotopic (exact) mass is 457 g/mol. The molecule has 1 aromatic heterocycles. The molecule has 1 aliphatic rings. The van der Waals surface area contributed by atoms with Gasteiger partial charge in [-0.05, 0) is 36.6 Å². The third-order valence-electron chi connectivity index (χ3n) is 6.41. The van der Waals surface area contributed by atoms with Crippen LogP contribution in [0.5, 0.6) is 0 Å². The molecule has 176 valence electrons. The number of rotatable bonds is 7. The molecule has 0 bridgehead atoms. The number of aryl methyl sites for hydroxylation is 1. The highest BCUT2D eigenvalue weighted by molar-refractivity contribution is 6.04. The van der Waals surface area contributed by atoms with E-state index >= 15 is 0 Å². The van der Waals surface area contributed by atoms with Crippen molar-refractivity contribution >= 4 is 16.7 Å². The highest BCUT2D eigenvalue weighted by Gasteiger charge is 2.24. The Morgan fingerprint density at radius 2 is 1.76 bits per heavy atom. The number of carbonyl (C=O) groups excluding carboxylic acids is 1. The first kappa shape index (κ1) is 23.7. The second-order valence-electron chi connectivity index (χ2n) is 8.86. The molecule has 0 spiro atoms. The van der Waals surface area contributed by atoms with E-state index in [1.54, 1.807) is 6.07 Å². The van der Waals surface area contributed by atoms with E-state index in [1.807, 2.05) is 47.4 Å². The third kappa shape index (κ3) is 5.35. The first-order valence-corrected chi connectivity index (χ1v) is 12.1. The van der Waals surface area contributed by atoms with E-state index in [9.17, 15) is 9.59 Å². The molecule has 1 fully saturated rings. The van der Waals surface area contributed by atoms with Crippen molar-refractivity contribution in [2.24, 2.45) is 0 Å². The van der Waals surface area contributed by atoms with Crippen molar-refractivity contribution in [3.8, 4) is 6.07 Å². The van der Waals surface area contributed by atoms with Gasteiger partial charge < -0.3 is 4.90 Å². The van der Waals surface area contributed by atoms with Crippen LogP contribution in [0.2, 0.25) is 0 Å². The Bertz CT molecular complexity index is 1240. The summed E-state index contributed by atoms with van der Waals surface area (Å²) in [5.74, 6) is -0.110. The zero-order valence-electron chi connectivity index (χ0n) is 19.7. The van der Waals surface area contributed by atoms with Crippen LogP contribution in [0, 0.1) is 11.3 Å². The summed E-state index contributed by atoms with van der Waals surface area (Å²) in [6.45, 7) is 6.37. The fourth-order valence-corrected chi connectivity index (χ4v) is 4.48.